The van der Waals surface area contributed by atoms with Gasteiger partial charge in [-0.15, -0.1) is 10.2 Å². The molecule has 2 unspecified atom stereocenters. The summed E-state index contributed by atoms with van der Waals surface area (Å²) in [5.74, 6) is 0.768. The lowest BCUT2D eigenvalue weighted by molar-refractivity contribution is -0.0508. The van der Waals surface area contributed by atoms with Crippen LogP contribution in [0.25, 0.3) is 0 Å². The van der Waals surface area contributed by atoms with Gasteiger partial charge in [0.1, 0.15) is 0 Å². The molecule has 1 aromatic rings. The highest BCUT2D eigenvalue weighted by molar-refractivity contribution is 9.09. The molecule has 16 heavy (non-hydrogen) atoms. The Hall–Kier alpha value is -0.530. The number of hydrogen-bond donors (Lipinski definition) is 0. The zero-order valence-electron chi connectivity index (χ0n) is 9.51. The van der Waals surface area contributed by atoms with Crippen molar-refractivity contribution in [2.75, 3.05) is 18.5 Å². The molecule has 0 aromatic carbocycles. The second kappa shape index (κ2) is 5.20. The minimum atomic E-state index is 0.257. The number of halogens is 1. The van der Waals surface area contributed by atoms with Crippen molar-refractivity contribution in [3.8, 4) is 0 Å². The van der Waals surface area contributed by atoms with Crippen LogP contribution in [0.1, 0.15) is 12.7 Å². The Morgan fingerprint density at radius 3 is 3.00 bits per heavy atom. The highest BCUT2D eigenvalue weighted by atomic mass is 79.9. The molecule has 90 valence electrons. The van der Waals surface area contributed by atoms with Crippen molar-refractivity contribution in [3.05, 3.63) is 5.82 Å². The van der Waals surface area contributed by atoms with Gasteiger partial charge in [0.25, 0.3) is 0 Å². The maximum absolute atomic E-state index is 5.66. The van der Waals surface area contributed by atoms with Gasteiger partial charge >= 0.3 is 0 Å². The Kier molecular flexibility index (Phi) is 3.88. The van der Waals surface area contributed by atoms with Gasteiger partial charge in [0.15, 0.2) is 5.82 Å². The number of hydrogen-bond acceptors (Lipinski definition) is 5. The fourth-order valence-corrected chi connectivity index (χ4v) is 2.15. The summed E-state index contributed by atoms with van der Waals surface area (Å²) in [6.07, 6.45) is 0.257. The van der Waals surface area contributed by atoms with Crippen LogP contribution in [0.3, 0.4) is 0 Å². The molecule has 0 saturated carbocycles. The van der Waals surface area contributed by atoms with Gasteiger partial charge in [-0.05, 0) is 12.1 Å². The van der Waals surface area contributed by atoms with E-state index >= 15 is 0 Å². The highest BCUT2D eigenvalue weighted by Crippen LogP contribution is 2.14. The molecule has 0 N–H and O–H groups in total. The Labute approximate surface area is 103 Å². The highest BCUT2D eigenvalue weighted by Gasteiger charge is 2.26. The third-order valence-corrected chi connectivity index (χ3v) is 3.42. The fourth-order valence-electron chi connectivity index (χ4n) is 1.76. The molecular weight excluding hydrogens is 274 g/mol. The van der Waals surface area contributed by atoms with Crippen molar-refractivity contribution >= 4 is 15.9 Å². The van der Waals surface area contributed by atoms with Gasteiger partial charge in [-0.25, -0.2) is 0 Å². The first-order valence-corrected chi connectivity index (χ1v) is 6.45. The molecule has 1 aliphatic rings. The van der Waals surface area contributed by atoms with Crippen LogP contribution in [0.2, 0.25) is 0 Å². The first-order chi connectivity index (χ1) is 7.69. The van der Waals surface area contributed by atoms with Gasteiger partial charge in [-0.2, -0.15) is 4.80 Å². The average Bonchev–Trinajstić information content (AvgIpc) is 2.67. The fraction of sp³-hybridized carbons (Fsp3) is 0.889. The molecule has 6 nitrogen and oxygen atoms in total. The van der Waals surface area contributed by atoms with E-state index in [4.69, 9.17) is 4.74 Å². The molecule has 0 radical (unpaired) electrons. The summed E-state index contributed by atoms with van der Waals surface area (Å²) in [6.45, 7) is 4.56. The van der Waals surface area contributed by atoms with Gasteiger partial charge < -0.3 is 4.74 Å². The van der Waals surface area contributed by atoms with Gasteiger partial charge in [0.05, 0.1) is 26.3 Å². The molecule has 0 aliphatic carbocycles. The number of morpholine rings is 1. The Bertz CT molecular complexity index is 344. The van der Waals surface area contributed by atoms with E-state index < -0.39 is 0 Å². The second-order valence-corrected chi connectivity index (χ2v) is 4.73. The van der Waals surface area contributed by atoms with Crippen molar-refractivity contribution in [1.82, 2.24) is 25.1 Å². The largest absolute Gasteiger partial charge is 0.374 e. The minimum Gasteiger partial charge on any atom is -0.374 e. The van der Waals surface area contributed by atoms with E-state index in [-0.39, 0.29) is 6.10 Å². The molecule has 1 aliphatic heterocycles. The summed E-state index contributed by atoms with van der Waals surface area (Å²) in [4.78, 5) is 3.81. The molecular formula is C9H16BrN5O. The van der Waals surface area contributed by atoms with Crippen molar-refractivity contribution < 1.29 is 4.74 Å². The molecule has 2 rings (SSSR count). The van der Waals surface area contributed by atoms with Crippen LogP contribution in [0.5, 0.6) is 0 Å². The SMILES string of the molecule is CC1COC(CBr)CN1Cc1nnn(C)n1. The number of nitrogens with zero attached hydrogens (tertiary/aromatic N) is 5. The summed E-state index contributed by atoms with van der Waals surface area (Å²) in [7, 11) is 1.78. The smallest absolute Gasteiger partial charge is 0.188 e. The lowest BCUT2D eigenvalue weighted by Gasteiger charge is -2.36. The molecule has 1 saturated heterocycles. The normalized spacial score (nSPS) is 27.2. The van der Waals surface area contributed by atoms with E-state index in [9.17, 15) is 0 Å². The molecule has 2 atom stereocenters. The third-order valence-electron chi connectivity index (χ3n) is 2.70. The van der Waals surface area contributed by atoms with Crippen molar-refractivity contribution in [2.45, 2.75) is 25.6 Å². The zero-order chi connectivity index (χ0) is 11.5. The van der Waals surface area contributed by atoms with E-state index in [0.29, 0.717) is 6.04 Å². The lowest BCUT2D eigenvalue weighted by Crippen LogP contribution is -2.48. The van der Waals surface area contributed by atoms with Crippen molar-refractivity contribution in [3.63, 3.8) is 0 Å². The number of tetrazole rings is 1. The first-order valence-electron chi connectivity index (χ1n) is 5.33. The van der Waals surface area contributed by atoms with Gasteiger partial charge in [-0.1, -0.05) is 15.9 Å². The van der Waals surface area contributed by atoms with Crippen LogP contribution in [-0.2, 0) is 18.3 Å². The van der Waals surface area contributed by atoms with Crippen molar-refractivity contribution in [1.29, 1.82) is 0 Å². The van der Waals surface area contributed by atoms with E-state index in [2.05, 4.69) is 43.2 Å². The quantitative estimate of drug-likeness (QED) is 0.744. The van der Waals surface area contributed by atoms with Crippen molar-refractivity contribution in [2.24, 2.45) is 7.05 Å². The Balaban J connectivity index is 1.96. The minimum absolute atomic E-state index is 0.257. The monoisotopic (exact) mass is 289 g/mol. The standard InChI is InChI=1S/C9H16BrN5O/c1-7-6-16-8(3-10)4-15(7)5-9-11-13-14(2)12-9/h7-8H,3-6H2,1-2H3. The van der Waals surface area contributed by atoms with Crippen LogP contribution in [0.4, 0.5) is 0 Å². The third kappa shape index (κ3) is 2.78. The van der Waals surface area contributed by atoms with Gasteiger partial charge in [0.2, 0.25) is 0 Å². The molecule has 1 aromatic heterocycles. The number of aromatic nitrogens is 4. The van der Waals surface area contributed by atoms with E-state index in [1.165, 1.54) is 4.80 Å². The second-order valence-electron chi connectivity index (χ2n) is 4.08. The number of alkyl halides is 1. The van der Waals surface area contributed by atoms with Gasteiger partial charge in [0, 0.05) is 17.9 Å². The van der Waals surface area contributed by atoms with Crippen LogP contribution in [-0.4, -0.2) is 55.7 Å². The summed E-state index contributed by atoms with van der Waals surface area (Å²) >= 11 is 3.45. The summed E-state index contributed by atoms with van der Waals surface area (Å²) in [5.41, 5.74) is 0. The summed E-state index contributed by atoms with van der Waals surface area (Å²) in [6, 6.07) is 0.402. The molecule has 2 heterocycles. The predicted molar refractivity (Wildman–Crippen MR) is 62.2 cm³/mol. The number of aryl methyl sites for hydroxylation is 1. The van der Waals surface area contributed by atoms with Gasteiger partial charge in [-0.3, -0.25) is 4.90 Å². The summed E-state index contributed by atoms with van der Waals surface area (Å²) in [5, 5.41) is 12.9. The van der Waals surface area contributed by atoms with Crippen LogP contribution in [0, 0.1) is 0 Å². The zero-order valence-corrected chi connectivity index (χ0v) is 11.1. The molecule has 0 bridgehead atoms. The van der Waals surface area contributed by atoms with Crippen LogP contribution >= 0.6 is 15.9 Å². The number of ether oxygens (including phenoxy) is 1. The predicted octanol–water partition coefficient (Wildman–Crippen LogP) is 0.194. The number of rotatable bonds is 3. The van der Waals surface area contributed by atoms with E-state index in [0.717, 1.165) is 30.9 Å². The Morgan fingerprint density at radius 1 is 1.56 bits per heavy atom. The molecule has 0 amide bonds. The van der Waals surface area contributed by atoms with Crippen LogP contribution in [0.15, 0.2) is 0 Å². The maximum Gasteiger partial charge on any atom is 0.188 e. The summed E-state index contributed by atoms with van der Waals surface area (Å²) < 4.78 is 5.66. The first kappa shape index (κ1) is 11.9. The van der Waals surface area contributed by atoms with E-state index in [1.54, 1.807) is 7.05 Å². The molecule has 0 spiro atoms. The van der Waals surface area contributed by atoms with Crippen LogP contribution < -0.4 is 0 Å². The topological polar surface area (TPSA) is 56.1 Å². The molecule has 7 heteroatoms. The average molecular weight is 290 g/mol. The Morgan fingerprint density at radius 2 is 2.38 bits per heavy atom. The lowest BCUT2D eigenvalue weighted by atomic mass is 10.2. The van der Waals surface area contributed by atoms with E-state index in [1.807, 2.05) is 0 Å². The maximum atomic E-state index is 5.66. The molecule has 1 fully saturated rings.